The van der Waals surface area contributed by atoms with E-state index in [0.29, 0.717) is 6.04 Å². The summed E-state index contributed by atoms with van der Waals surface area (Å²) in [6.07, 6.45) is 3.71. The molecule has 13 heavy (non-hydrogen) atoms. The second-order valence-electron chi connectivity index (χ2n) is 3.01. The van der Waals surface area contributed by atoms with Crippen LogP contribution in [0, 0.1) is 0 Å². The number of ether oxygens (including phenoxy) is 1. The van der Waals surface area contributed by atoms with Crippen LogP contribution in [0.1, 0.15) is 0 Å². The van der Waals surface area contributed by atoms with Crippen molar-refractivity contribution in [2.24, 2.45) is 0 Å². The SMILES string of the molecule is C=C/C(Br)=C\C(=C)CNC1COC1. The largest absolute Gasteiger partial charge is 0.378 e. The van der Waals surface area contributed by atoms with Crippen LogP contribution >= 0.6 is 15.9 Å². The lowest BCUT2D eigenvalue weighted by Crippen LogP contribution is -2.46. The molecule has 0 radical (unpaired) electrons. The first-order chi connectivity index (χ1) is 6.22. The van der Waals surface area contributed by atoms with E-state index in [9.17, 15) is 0 Å². The topological polar surface area (TPSA) is 21.3 Å². The van der Waals surface area contributed by atoms with E-state index in [1.807, 2.05) is 6.08 Å². The summed E-state index contributed by atoms with van der Waals surface area (Å²) in [6, 6.07) is 0.507. The molecule has 1 rings (SSSR count). The minimum absolute atomic E-state index is 0.507. The summed E-state index contributed by atoms with van der Waals surface area (Å²) in [7, 11) is 0. The maximum absolute atomic E-state index is 5.04. The standard InChI is InChI=1S/C10H14BrNO/c1-3-9(11)4-8(2)5-12-10-6-13-7-10/h3-4,10,12H,1-2,5-7H2/b9-4+. The van der Waals surface area contributed by atoms with Crippen molar-refractivity contribution in [2.45, 2.75) is 6.04 Å². The Balaban J connectivity index is 2.20. The van der Waals surface area contributed by atoms with Gasteiger partial charge in [-0.05, 0) is 11.6 Å². The van der Waals surface area contributed by atoms with Crippen molar-refractivity contribution in [3.8, 4) is 0 Å². The molecular weight excluding hydrogens is 230 g/mol. The average Bonchev–Trinajstić information content (AvgIpc) is 2.01. The van der Waals surface area contributed by atoms with E-state index in [1.165, 1.54) is 0 Å². The molecule has 1 heterocycles. The monoisotopic (exact) mass is 243 g/mol. The Morgan fingerprint density at radius 1 is 1.62 bits per heavy atom. The lowest BCUT2D eigenvalue weighted by Gasteiger charge is -2.27. The van der Waals surface area contributed by atoms with Crippen molar-refractivity contribution in [3.05, 3.63) is 35.4 Å². The fourth-order valence-corrected chi connectivity index (χ4v) is 1.26. The van der Waals surface area contributed by atoms with Gasteiger partial charge in [-0.1, -0.05) is 35.2 Å². The molecule has 0 bridgehead atoms. The van der Waals surface area contributed by atoms with Gasteiger partial charge < -0.3 is 10.1 Å². The van der Waals surface area contributed by atoms with Gasteiger partial charge in [-0.15, -0.1) is 0 Å². The van der Waals surface area contributed by atoms with Gasteiger partial charge in [0.25, 0.3) is 0 Å². The molecule has 0 aromatic carbocycles. The zero-order valence-electron chi connectivity index (χ0n) is 7.55. The molecule has 1 N–H and O–H groups in total. The van der Waals surface area contributed by atoms with Crippen molar-refractivity contribution in [1.29, 1.82) is 0 Å². The van der Waals surface area contributed by atoms with Crippen LogP contribution in [0.25, 0.3) is 0 Å². The highest BCUT2D eigenvalue weighted by atomic mass is 79.9. The van der Waals surface area contributed by atoms with Gasteiger partial charge in [-0.25, -0.2) is 0 Å². The summed E-state index contributed by atoms with van der Waals surface area (Å²) in [5.74, 6) is 0. The molecule has 0 amide bonds. The van der Waals surface area contributed by atoms with E-state index in [4.69, 9.17) is 4.74 Å². The molecule has 0 unspecified atom stereocenters. The number of allylic oxidation sites excluding steroid dienone is 2. The quantitative estimate of drug-likeness (QED) is 0.747. The highest BCUT2D eigenvalue weighted by Gasteiger charge is 2.16. The predicted molar refractivity (Wildman–Crippen MR) is 59.0 cm³/mol. The smallest absolute Gasteiger partial charge is 0.0643 e. The van der Waals surface area contributed by atoms with E-state index in [2.05, 4.69) is 34.4 Å². The van der Waals surface area contributed by atoms with Gasteiger partial charge in [-0.3, -0.25) is 0 Å². The Bertz CT molecular complexity index is 231. The first-order valence-corrected chi connectivity index (χ1v) is 5.00. The number of hydrogen-bond acceptors (Lipinski definition) is 2. The van der Waals surface area contributed by atoms with Gasteiger partial charge >= 0.3 is 0 Å². The van der Waals surface area contributed by atoms with Crippen LogP contribution in [-0.2, 0) is 4.74 Å². The third kappa shape index (κ3) is 3.89. The Hall–Kier alpha value is -0.380. The van der Waals surface area contributed by atoms with E-state index in [0.717, 1.165) is 29.8 Å². The van der Waals surface area contributed by atoms with Crippen LogP contribution in [0.5, 0.6) is 0 Å². The maximum Gasteiger partial charge on any atom is 0.0643 e. The number of rotatable bonds is 5. The van der Waals surface area contributed by atoms with Crippen LogP contribution in [0.15, 0.2) is 35.4 Å². The number of nitrogens with one attached hydrogen (secondary N) is 1. The van der Waals surface area contributed by atoms with Crippen LogP contribution in [0.4, 0.5) is 0 Å². The van der Waals surface area contributed by atoms with Crippen molar-refractivity contribution < 1.29 is 4.74 Å². The molecule has 1 aliphatic heterocycles. The molecule has 0 saturated carbocycles. The summed E-state index contributed by atoms with van der Waals surface area (Å²) in [6.45, 7) is 10.00. The molecule has 0 aromatic rings. The molecule has 1 saturated heterocycles. The van der Waals surface area contributed by atoms with Crippen molar-refractivity contribution in [2.75, 3.05) is 19.8 Å². The highest BCUT2D eigenvalue weighted by molar-refractivity contribution is 9.11. The normalized spacial score (nSPS) is 18.1. The lowest BCUT2D eigenvalue weighted by atomic mass is 10.2. The first kappa shape index (κ1) is 10.7. The molecule has 1 aliphatic rings. The fraction of sp³-hybridized carbons (Fsp3) is 0.400. The second-order valence-corrected chi connectivity index (χ2v) is 3.92. The van der Waals surface area contributed by atoms with Crippen LogP contribution in [-0.4, -0.2) is 25.8 Å². The molecule has 0 aliphatic carbocycles. The van der Waals surface area contributed by atoms with Gasteiger partial charge in [-0.2, -0.15) is 0 Å². The summed E-state index contributed by atoms with van der Waals surface area (Å²) in [5.41, 5.74) is 1.04. The Labute approximate surface area is 87.5 Å². The molecule has 72 valence electrons. The van der Waals surface area contributed by atoms with Crippen LogP contribution < -0.4 is 5.32 Å². The number of hydrogen-bond donors (Lipinski definition) is 1. The molecule has 3 heteroatoms. The van der Waals surface area contributed by atoms with E-state index in [1.54, 1.807) is 6.08 Å². The van der Waals surface area contributed by atoms with Crippen molar-refractivity contribution >= 4 is 15.9 Å². The Kier molecular flexibility index (Phi) is 4.42. The van der Waals surface area contributed by atoms with Gasteiger partial charge in [0.2, 0.25) is 0 Å². The lowest BCUT2D eigenvalue weighted by molar-refractivity contribution is -0.00364. The molecule has 0 atom stereocenters. The summed E-state index contributed by atoms with van der Waals surface area (Å²) in [5, 5.41) is 3.32. The molecule has 0 spiro atoms. The van der Waals surface area contributed by atoms with E-state index >= 15 is 0 Å². The third-order valence-electron chi connectivity index (χ3n) is 1.79. The van der Waals surface area contributed by atoms with Crippen LogP contribution in [0.3, 0.4) is 0 Å². The van der Waals surface area contributed by atoms with E-state index < -0.39 is 0 Å². The summed E-state index contributed by atoms with van der Waals surface area (Å²) >= 11 is 3.35. The first-order valence-electron chi connectivity index (χ1n) is 4.21. The fourth-order valence-electron chi connectivity index (χ4n) is 0.934. The van der Waals surface area contributed by atoms with Crippen molar-refractivity contribution in [3.63, 3.8) is 0 Å². The highest BCUT2D eigenvalue weighted by Crippen LogP contribution is 2.09. The van der Waals surface area contributed by atoms with Crippen molar-refractivity contribution in [1.82, 2.24) is 5.32 Å². The van der Waals surface area contributed by atoms with E-state index in [-0.39, 0.29) is 0 Å². The van der Waals surface area contributed by atoms with Gasteiger partial charge in [0.05, 0.1) is 19.3 Å². The van der Waals surface area contributed by atoms with Crippen LogP contribution in [0.2, 0.25) is 0 Å². The summed E-state index contributed by atoms with van der Waals surface area (Å²) < 4.78 is 6.00. The Morgan fingerprint density at radius 2 is 2.31 bits per heavy atom. The minimum atomic E-state index is 0.507. The zero-order chi connectivity index (χ0) is 9.68. The molecular formula is C10H14BrNO. The summed E-state index contributed by atoms with van der Waals surface area (Å²) in [4.78, 5) is 0. The van der Waals surface area contributed by atoms with Gasteiger partial charge in [0.1, 0.15) is 0 Å². The van der Waals surface area contributed by atoms with Gasteiger partial charge in [0.15, 0.2) is 0 Å². The van der Waals surface area contributed by atoms with Gasteiger partial charge in [0, 0.05) is 11.0 Å². The maximum atomic E-state index is 5.04. The molecule has 0 aromatic heterocycles. The average molecular weight is 244 g/mol. The Morgan fingerprint density at radius 3 is 2.77 bits per heavy atom. The third-order valence-corrected chi connectivity index (χ3v) is 2.35. The molecule has 1 fully saturated rings. The second kappa shape index (κ2) is 5.37. The predicted octanol–water partition coefficient (Wildman–Crippen LogP) is 2.00. The molecule has 2 nitrogen and oxygen atoms in total. The zero-order valence-corrected chi connectivity index (χ0v) is 9.14. The number of halogens is 1. The minimum Gasteiger partial charge on any atom is -0.378 e.